The summed E-state index contributed by atoms with van der Waals surface area (Å²) in [5.41, 5.74) is 9.63. The van der Waals surface area contributed by atoms with Crippen LogP contribution in [0.15, 0.2) is 57.6 Å². The highest BCUT2D eigenvalue weighted by Crippen LogP contribution is 2.43. The fraction of sp³-hybridized carbons (Fsp3) is 0.263. The smallest absolute Gasteiger partial charge is 0.122 e. The number of nitrogens with two attached hydrogens (primary N) is 1. The topological polar surface area (TPSA) is 69.8 Å². The number of hydrogen-bond acceptors (Lipinski definition) is 4. The number of hydrogen-bond donors (Lipinski definition) is 2. The van der Waals surface area contributed by atoms with E-state index in [9.17, 15) is 0 Å². The number of aliphatic imine (C=N–C) groups is 2. The Balaban J connectivity index is 1.78. The highest BCUT2D eigenvalue weighted by Gasteiger charge is 2.42. The second-order valence-electron chi connectivity index (χ2n) is 6.28. The molecule has 0 spiro atoms. The van der Waals surface area contributed by atoms with Gasteiger partial charge < -0.3 is 15.6 Å². The number of benzene rings is 1. The average molecular weight is 398 g/mol. The molecule has 0 aliphatic carbocycles. The molecule has 2 aliphatic rings. The van der Waals surface area contributed by atoms with Gasteiger partial charge in [0, 0.05) is 23.3 Å². The van der Waals surface area contributed by atoms with E-state index in [4.69, 9.17) is 5.73 Å². The number of nitrogens with one attached hydrogen (secondary N) is 1. The van der Waals surface area contributed by atoms with Gasteiger partial charge in [-0.15, -0.1) is 6.58 Å². The van der Waals surface area contributed by atoms with Gasteiger partial charge in [0.2, 0.25) is 0 Å². The van der Waals surface area contributed by atoms with Crippen molar-refractivity contribution < 1.29 is 0 Å². The quantitative estimate of drug-likeness (QED) is 0.456. The molecule has 25 heavy (non-hydrogen) atoms. The van der Waals surface area contributed by atoms with Crippen molar-refractivity contribution in [2.24, 2.45) is 21.6 Å². The number of H-pyrrole nitrogens is 1. The van der Waals surface area contributed by atoms with Gasteiger partial charge in [-0.1, -0.05) is 24.3 Å². The van der Waals surface area contributed by atoms with Crippen molar-refractivity contribution in [3.05, 3.63) is 53.3 Å². The van der Waals surface area contributed by atoms with E-state index in [2.05, 4.69) is 60.6 Å². The van der Waals surface area contributed by atoms with Crippen LogP contribution in [0.3, 0.4) is 0 Å². The molecule has 4 rings (SSSR count). The van der Waals surface area contributed by atoms with Crippen LogP contribution >= 0.6 is 15.9 Å². The number of aromatic amines is 1. The van der Waals surface area contributed by atoms with E-state index >= 15 is 0 Å². The van der Waals surface area contributed by atoms with E-state index in [1.165, 1.54) is 5.39 Å². The van der Waals surface area contributed by atoms with Crippen molar-refractivity contribution >= 4 is 44.6 Å². The summed E-state index contributed by atoms with van der Waals surface area (Å²) in [6.07, 6.45) is 5.17. The second-order valence-corrected chi connectivity index (χ2v) is 7.03. The minimum absolute atomic E-state index is 0.0452. The molecule has 0 radical (unpaired) electrons. The number of halogens is 1. The van der Waals surface area contributed by atoms with E-state index < -0.39 is 0 Å². The predicted octanol–water partition coefficient (Wildman–Crippen LogP) is 3.85. The summed E-state index contributed by atoms with van der Waals surface area (Å²) >= 11 is 3.80. The molecule has 2 aromatic rings. The van der Waals surface area contributed by atoms with Gasteiger partial charge in [-0.3, -0.25) is 4.99 Å². The second kappa shape index (κ2) is 6.61. The Hall–Kier alpha value is -2.18. The lowest BCUT2D eigenvalue weighted by Crippen LogP contribution is -2.40. The molecule has 1 aromatic heterocycles. The van der Waals surface area contributed by atoms with Crippen molar-refractivity contribution in [3.8, 4) is 0 Å². The maximum Gasteiger partial charge on any atom is 0.122 e. The molecule has 0 bridgehead atoms. The van der Waals surface area contributed by atoms with E-state index in [0.717, 1.165) is 46.6 Å². The van der Waals surface area contributed by atoms with Gasteiger partial charge >= 0.3 is 0 Å². The molecule has 1 aromatic carbocycles. The number of allylic oxidation sites excluding steroid dienone is 1. The third-order valence-corrected chi connectivity index (χ3v) is 5.56. The molecule has 128 valence electrons. The summed E-state index contributed by atoms with van der Waals surface area (Å²) in [7, 11) is 0. The molecule has 0 amide bonds. The Labute approximate surface area is 155 Å². The molecule has 0 fully saturated rings. The normalized spacial score (nSPS) is 22.5. The Bertz CT molecular complexity index is 874. The highest BCUT2D eigenvalue weighted by molar-refractivity contribution is 9.11. The minimum Gasteiger partial charge on any atom is -0.355 e. The number of rotatable bonds is 5. The first-order valence-electron chi connectivity index (χ1n) is 8.42. The number of unbranched alkanes of at least 4 members (excludes halogenated alkanes) is 1. The lowest BCUT2D eigenvalue weighted by Gasteiger charge is -2.25. The van der Waals surface area contributed by atoms with Crippen molar-refractivity contribution in [2.75, 3.05) is 6.54 Å². The molecule has 2 aliphatic heterocycles. The zero-order valence-electron chi connectivity index (χ0n) is 13.8. The summed E-state index contributed by atoms with van der Waals surface area (Å²) in [5.74, 6) is 0.920. The predicted molar refractivity (Wildman–Crippen MR) is 108 cm³/mol. The Morgan fingerprint density at radius 3 is 3.00 bits per heavy atom. The van der Waals surface area contributed by atoms with Gasteiger partial charge in [0.1, 0.15) is 18.3 Å². The third kappa shape index (κ3) is 2.75. The van der Waals surface area contributed by atoms with Gasteiger partial charge in [0.15, 0.2) is 0 Å². The third-order valence-electron chi connectivity index (χ3n) is 4.71. The van der Waals surface area contributed by atoms with E-state index in [0.29, 0.717) is 0 Å². The molecule has 2 atom stereocenters. The molecule has 0 saturated heterocycles. The van der Waals surface area contributed by atoms with Crippen molar-refractivity contribution in [1.82, 2.24) is 9.88 Å². The highest BCUT2D eigenvalue weighted by atomic mass is 79.9. The Kier molecular flexibility index (Phi) is 4.31. The van der Waals surface area contributed by atoms with E-state index in [1.807, 2.05) is 18.2 Å². The van der Waals surface area contributed by atoms with Crippen molar-refractivity contribution in [3.63, 3.8) is 0 Å². The monoisotopic (exact) mass is 397 g/mol. The lowest BCUT2D eigenvalue weighted by molar-refractivity contribution is 0.512. The summed E-state index contributed by atoms with van der Waals surface area (Å²) in [5, 5.41) is 1.18. The van der Waals surface area contributed by atoms with E-state index in [1.54, 1.807) is 6.34 Å². The number of aromatic nitrogens is 1. The van der Waals surface area contributed by atoms with Gasteiger partial charge in [-0.2, -0.15) is 0 Å². The van der Waals surface area contributed by atoms with Crippen molar-refractivity contribution in [2.45, 2.75) is 19.0 Å². The van der Waals surface area contributed by atoms with Crippen LogP contribution in [0.5, 0.6) is 0 Å². The van der Waals surface area contributed by atoms with Gasteiger partial charge in [0.05, 0.1) is 10.5 Å². The van der Waals surface area contributed by atoms with Gasteiger partial charge in [0.25, 0.3) is 0 Å². The zero-order chi connectivity index (χ0) is 17.4. The number of para-hydroxylation sites is 1. The summed E-state index contributed by atoms with van der Waals surface area (Å²) in [6, 6.07) is 10.4. The lowest BCUT2D eigenvalue weighted by atomic mass is 9.95. The minimum atomic E-state index is -0.328. The standard InChI is InChI=1S/C19H20BrN5/c1-2-3-6-9-25-17(20)15(16-18(21)22-11-23-19(16)25)14-10-12-7-4-5-8-13(12)24-14/h2,4-5,7-8,10-11,16,18,24H,1,3,6,9,21H2. The fourth-order valence-corrected chi connectivity index (χ4v) is 4.32. The molecule has 5 nitrogen and oxygen atoms in total. The van der Waals surface area contributed by atoms with Gasteiger partial charge in [-0.05, 0) is 46.3 Å². The van der Waals surface area contributed by atoms with Crippen LogP contribution in [0.2, 0.25) is 0 Å². The molecule has 3 heterocycles. The summed E-state index contributed by atoms with van der Waals surface area (Å²) < 4.78 is 1.02. The van der Waals surface area contributed by atoms with Crippen LogP contribution < -0.4 is 5.73 Å². The van der Waals surface area contributed by atoms with Crippen LogP contribution in [-0.4, -0.2) is 34.8 Å². The molecule has 0 saturated carbocycles. The molecular weight excluding hydrogens is 378 g/mol. The van der Waals surface area contributed by atoms with Crippen LogP contribution in [0.4, 0.5) is 0 Å². The molecule has 3 N–H and O–H groups in total. The first-order valence-corrected chi connectivity index (χ1v) is 9.21. The number of fused-ring (bicyclic) bond motifs is 2. The first-order chi connectivity index (χ1) is 12.2. The zero-order valence-corrected chi connectivity index (χ0v) is 15.4. The Morgan fingerprint density at radius 1 is 1.36 bits per heavy atom. The fourth-order valence-electron chi connectivity index (χ4n) is 3.50. The van der Waals surface area contributed by atoms with E-state index in [-0.39, 0.29) is 12.1 Å². The van der Waals surface area contributed by atoms with Crippen LogP contribution in [0.1, 0.15) is 18.5 Å². The van der Waals surface area contributed by atoms with Gasteiger partial charge in [-0.25, -0.2) is 4.99 Å². The summed E-state index contributed by atoms with van der Waals surface area (Å²) in [6.45, 7) is 4.67. The van der Waals surface area contributed by atoms with Crippen LogP contribution in [0, 0.1) is 5.92 Å². The van der Waals surface area contributed by atoms with Crippen molar-refractivity contribution in [1.29, 1.82) is 0 Å². The molecule has 6 heteroatoms. The maximum absolute atomic E-state index is 6.33. The largest absolute Gasteiger partial charge is 0.355 e. The number of amidine groups is 1. The summed E-state index contributed by atoms with van der Waals surface area (Å²) in [4.78, 5) is 14.6. The Morgan fingerprint density at radius 2 is 2.20 bits per heavy atom. The van der Waals surface area contributed by atoms with Crippen LogP contribution in [-0.2, 0) is 0 Å². The first kappa shape index (κ1) is 16.3. The van der Waals surface area contributed by atoms with Crippen LogP contribution in [0.25, 0.3) is 16.5 Å². The SMILES string of the molecule is C=CCCCN1C2=NC=NC(N)C2C(c2cc3ccccc3[nH]2)=C1Br. The molecular formula is C19H20BrN5. The average Bonchev–Trinajstić information content (AvgIpc) is 3.15. The maximum atomic E-state index is 6.33. The molecule has 2 unspecified atom stereocenters. The number of nitrogens with zero attached hydrogens (tertiary/aromatic N) is 3.